The van der Waals surface area contributed by atoms with Crippen LogP contribution in [0.1, 0.15) is 36.2 Å². The summed E-state index contributed by atoms with van der Waals surface area (Å²) in [5.41, 5.74) is 7.01. The van der Waals surface area contributed by atoms with Crippen molar-refractivity contribution >= 4 is 28.2 Å². The molecule has 0 aliphatic carbocycles. The van der Waals surface area contributed by atoms with Crippen LogP contribution in [0.5, 0.6) is 0 Å². The zero-order valence-electron chi connectivity index (χ0n) is 14.4. The van der Waals surface area contributed by atoms with Crippen molar-refractivity contribution in [2.45, 2.75) is 38.1 Å². The van der Waals surface area contributed by atoms with Crippen molar-refractivity contribution in [1.82, 2.24) is 4.90 Å². The Morgan fingerprint density at radius 3 is 2.35 bits per heavy atom. The number of nitrogens with two attached hydrogens (primary N) is 1. The Balaban J connectivity index is 0.00000484. The number of carbonyl (C=O) groups excluding carboxylic acids is 1. The van der Waals surface area contributed by atoms with Gasteiger partial charge in [-0.05, 0) is 37.0 Å². The maximum absolute atomic E-state index is 12.4. The van der Waals surface area contributed by atoms with Gasteiger partial charge >= 0.3 is 0 Å². The van der Waals surface area contributed by atoms with E-state index in [-0.39, 0.29) is 29.3 Å². The second-order valence-corrected chi connectivity index (χ2v) is 8.16. The van der Waals surface area contributed by atoms with Gasteiger partial charge in [-0.25, -0.2) is 8.42 Å². The first-order chi connectivity index (χ1) is 10.0. The molecule has 0 radical (unpaired) electrons. The van der Waals surface area contributed by atoms with Crippen LogP contribution in [-0.2, 0) is 9.84 Å². The summed E-state index contributed by atoms with van der Waals surface area (Å²) >= 11 is 0. The summed E-state index contributed by atoms with van der Waals surface area (Å²) in [4.78, 5) is 14.2. The average molecular weight is 363 g/mol. The molecule has 2 N–H and O–H groups in total. The number of rotatable bonds is 6. The van der Waals surface area contributed by atoms with Crippen LogP contribution in [0.3, 0.4) is 0 Å². The van der Waals surface area contributed by atoms with Gasteiger partial charge in [0.25, 0.3) is 5.91 Å². The zero-order chi connectivity index (χ0) is 17.1. The summed E-state index contributed by atoms with van der Waals surface area (Å²) in [6, 6.07) is 4.81. The largest absolute Gasteiger partial charge is 0.342 e. The fourth-order valence-corrected chi connectivity index (χ4v) is 3.12. The third kappa shape index (κ3) is 6.12. The third-order valence-corrected chi connectivity index (χ3v) is 5.07. The number of hydrogen-bond donors (Lipinski definition) is 1. The molecule has 0 saturated carbocycles. The molecule has 23 heavy (non-hydrogen) atoms. The highest BCUT2D eigenvalue weighted by atomic mass is 35.5. The Morgan fingerprint density at radius 1 is 1.30 bits per heavy atom. The first kappa shape index (κ1) is 21.9. The Kier molecular flexibility index (Phi) is 8.24. The molecule has 5 nitrogen and oxygen atoms in total. The summed E-state index contributed by atoms with van der Waals surface area (Å²) in [6.07, 6.45) is 1.86. The first-order valence-corrected chi connectivity index (χ1v) is 9.25. The van der Waals surface area contributed by atoms with Gasteiger partial charge in [-0.3, -0.25) is 4.79 Å². The van der Waals surface area contributed by atoms with Gasteiger partial charge < -0.3 is 10.6 Å². The molecule has 0 heterocycles. The fraction of sp³-hybridized carbons (Fsp3) is 0.562. The SMILES string of the molecule is Cc1ccc(C(=O)N(C)CCC(N)C(C)C)cc1S(C)(=O)=O.Cl. The normalized spacial score (nSPS) is 12.7. The van der Waals surface area contributed by atoms with E-state index in [1.165, 1.54) is 6.07 Å². The van der Waals surface area contributed by atoms with Gasteiger partial charge in [0.2, 0.25) is 0 Å². The molecule has 0 spiro atoms. The molecule has 0 saturated heterocycles. The number of amides is 1. The van der Waals surface area contributed by atoms with Gasteiger partial charge in [0.1, 0.15) is 0 Å². The molecule has 1 unspecified atom stereocenters. The molecule has 0 fully saturated rings. The summed E-state index contributed by atoms with van der Waals surface area (Å²) in [6.45, 7) is 6.35. The number of halogens is 1. The van der Waals surface area contributed by atoms with Crippen LogP contribution in [0, 0.1) is 12.8 Å². The van der Waals surface area contributed by atoms with Gasteiger partial charge in [0.05, 0.1) is 4.90 Å². The Morgan fingerprint density at radius 2 is 1.87 bits per heavy atom. The molecule has 0 aliphatic heterocycles. The summed E-state index contributed by atoms with van der Waals surface area (Å²) in [5.74, 6) is 0.167. The van der Waals surface area contributed by atoms with Crippen LogP contribution in [0.2, 0.25) is 0 Å². The van der Waals surface area contributed by atoms with Crippen molar-refractivity contribution < 1.29 is 13.2 Å². The smallest absolute Gasteiger partial charge is 0.253 e. The first-order valence-electron chi connectivity index (χ1n) is 7.35. The summed E-state index contributed by atoms with van der Waals surface area (Å²) in [5, 5.41) is 0. The van der Waals surface area contributed by atoms with Crippen LogP contribution >= 0.6 is 12.4 Å². The van der Waals surface area contributed by atoms with E-state index in [0.29, 0.717) is 30.0 Å². The van der Waals surface area contributed by atoms with E-state index in [9.17, 15) is 13.2 Å². The standard InChI is InChI=1S/C16H26N2O3S.ClH/c1-11(2)14(17)8-9-18(4)16(19)13-7-6-12(3)15(10-13)22(5,20)21;/h6-7,10-11,14H,8-9,17H2,1-5H3;1H. The molecule has 1 aromatic rings. The fourth-order valence-electron chi connectivity index (χ4n) is 2.13. The monoisotopic (exact) mass is 362 g/mol. The molecule has 0 aromatic heterocycles. The van der Waals surface area contributed by atoms with Crippen LogP contribution in [0.4, 0.5) is 0 Å². The van der Waals surface area contributed by atoms with Crippen molar-refractivity contribution in [2.75, 3.05) is 19.8 Å². The van der Waals surface area contributed by atoms with Crippen LogP contribution < -0.4 is 5.73 Å². The highest BCUT2D eigenvalue weighted by Gasteiger charge is 2.18. The van der Waals surface area contributed by atoms with E-state index >= 15 is 0 Å². The van der Waals surface area contributed by atoms with Crippen molar-refractivity contribution in [3.63, 3.8) is 0 Å². The molecule has 7 heteroatoms. The van der Waals surface area contributed by atoms with E-state index in [1.54, 1.807) is 31.0 Å². The molecule has 132 valence electrons. The second-order valence-electron chi connectivity index (χ2n) is 6.18. The average Bonchev–Trinajstić information content (AvgIpc) is 2.42. The lowest BCUT2D eigenvalue weighted by molar-refractivity contribution is 0.0789. The highest BCUT2D eigenvalue weighted by Crippen LogP contribution is 2.18. The minimum atomic E-state index is -3.34. The van der Waals surface area contributed by atoms with Gasteiger partial charge in [0.15, 0.2) is 9.84 Å². The molecule has 1 rings (SSSR count). The summed E-state index contributed by atoms with van der Waals surface area (Å²) < 4.78 is 23.5. The number of carbonyl (C=O) groups is 1. The third-order valence-electron chi connectivity index (χ3n) is 3.84. The lowest BCUT2D eigenvalue weighted by atomic mass is 10.0. The number of aryl methyl sites for hydroxylation is 1. The Labute approximate surface area is 145 Å². The summed E-state index contributed by atoms with van der Waals surface area (Å²) in [7, 11) is -1.64. The zero-order valence-corrected chi connectivity index (χ0v) is 16.0. The molecule has 0 bridgehead atoms. The molecule has 1 amide bonds. The number of nitrogens with zero attached hydrogens (tertiary/aromatic N) is 1. The van der Waals surface area contributed by atoms with Crippen LogP contribution in [0.15, 0.2) is 23.1 Å². The van der Waals surface area contributed by atoms with Crippen molar-refractivity contribution in [1.29, 1.82) is 0 Å². The lowest BCUT2D eigenvalue weighted by Gasteiger charge is -2.22. The van der Waals surface area contributed by atoms with Gasteiger partial charge in [-0.1, -0.05) is 19.9 Å². The number of hydrogen-bond acceptors (Lipinski definition) is 4. The topological polar surface area (TPSA) is 80.5 Å². The maximum atomic E-state index is 12.4. The van der Waals surface area contributed by atoms with Crippen LogP contribution in [0.25, 0.3) is 0 Å². The molecular weight excluding hydrogens is 336 g/mol. The van der Waals surface area contributed by atoms with Crippen molar-refractivity contribution in [3.8, 4) is 0 Å². The Hall–Kier alpha value is -1.11. The second kappa shape index (κ2) is 8.66. The van der Waals surface area contributed by atoms with Crippen molar-refractivity contribution in [3.05, 3.63) is 29.3 Å². The van der Waals surface area contributed by atoms with E-state index in [2.05, 4.69) is 0 Å². The minimum absolute atomic E-state index is 0. The predicted molar refractivity (Wildman–Crippen MR) is 95.9 cm³/mol. The molecule has 0 aliphatic rings. The van der Waals surface area contributed by atoms with Gasteiger partial charge in [-0.15, -0.1) is 12.4 Å². The number of sulfone groups is 1. The maximum Gasteiger partial charge on any atom is 0.253 e. The highest BCUT2D eigenvalue weighted by molar-refractivity contribution is 7.90. The molecule has 1 atom stereocenters. The van der Waals surface area contributed by atoms with Gasteiger partial charge in [-0.2, -0.15) is 0 Å². The minimum Gasteiger partial charge on any atom is -0.342 e. The Bertz CT molecular complexity index is 645. The molecule has 1 aromatic carbocycles. The molecular formula is C16H27ClN2O3S. The van der Waals surface area contributed by atoms with E-state index < -0.39 is 9.84 Å². The van der Waals surface area contributed by atoms with Crippen LogP contribution in [-0.4, -0.2) is 45.1 Å². The van der Waals surface area contributed by atoms with E-state index in [0.717, 1.165) is 6.26 Å². The van der Waals surface area contributed by atoms with E-state index in [1.807, 2.05) is 13.8 Å². The lowest BCUT2D eigenvalue weighted by Crippen LogP contribution is -2.34. The number of benzene rings is 1. The quantitative estimate of drug-likeness (QED) is 0.841. The van der Waals surface area contributed by atoms with Crippen molar-refractivity contribution in [2.24, 2.45) is 11.7 Å². The van der Waals surface area contributed by atoms with Gasteiger partial charge in [0, 0.05) is 31.5 Å². The van der Waals surface area contributed by atoms with E-state index in [4.69, 9.17) is 5.73 Å². The predicted octanol–water partition coefficient (Wildman–Crippen LogP) is 2.27.